The molecule has 0 saturated carbocycles. The van der Waals surface area contributed by atoms with Crippen LogP contribution in [-0.4, -0.2) is 37.7 Å². The minimum Gasteiger partial charge on any atom is -0.488 e. The summed E-state index contributed by atoms with van der Waals surface area (Å²) in [7, 11) is 4.00. The van der Waals surface area contributed by atoms with E-state index in [4.69, 9.17) is 10.5 Å². The first-order chi connectivity index (χ1) is 8.79. The number of nitrogens with one attached hydrogen (secondary N) is 1. The molecule has 0 aliphatic carbocycles. The summed E-state index contributed by atoms with van der Waals surface area (Å²) in [6, 6.07) is 3.12. The molecule has 5 heteroatoms. The predicted molar refractivity (Wildman–Crippen MR) is 78.2 cm³/mol. The molecular weight excluding hydrogens is 245 g/mol. The zero-order valence-electron chi connectivity index (χ0n) is 12.3. The molecule has 3 N–H and O–H groups in total. The van der Waals surface area contributed by atoms with Crippen LogP contribution in [0.3, 0.4) is 0 Å². The van der Waals surface area contributed by atoms with Crippen molar-refractivity contribution in [2.45, 2.75) is 32.9 Å². The molecule has 0 fully saturated rings. The van der Waals surface area contributed by atoms with Gasteiger partial charge in [0.2, 0.25) is 0 Å². The van der Waals surface area contributed by atoms with E-state index in [0.29, 0.717) is 11.4 Å². The van der Waals surface area contributed by atoms with Crippen LogP contribution in [0.15, 0.2) is 12.1 Å². The Labute approximate surface area is 114 Å². The van der Waals surface area contributed by atoms with Gasteiger partial charge in [-0.25, -0.2) is 4.39 Å². The topological polar surface area (TPSA) is 50.5 Å². The van der Waals surface area contributed by atoms with Gasteiger partial charge in [-0.05, 0) is 34.9 Å². The number of nitrogen functional groups attached to an aromatic ring is 1. The van der Waals surface area contributed by atoms with E-state index in [-0.39, 0.29) is 17.9 Å². The monoisotopic (exact) mass is 269 g/mol. The first kappa shape index (κ1) is 15.6. The van der Waals surface area contributed by atoms with Crippen LogP contribution in [0, 0.1) is 5.82 Å². The fourth-order valence-corrected chi connectivity index (χ4v) is 1.90. The van der Waals surface area contributed by atoms with Crippen molar-refractivity contribution >= 4 is 11.4 Å². The molecule has 0 saturated heterocycles. The van der Waals surface area contributed by atoms with Gasteiger partial charge in [0, 0.05) is 24.7 Å². The van der Waals surface area contributed by atoms with Gasteiger partial charge < -0.3 is 20.7 Å². The SMILES string of the molecule is CC(CN(C)C)Nc1cc(OC(C)C)c(F)cc1N. The third-order valence-corrected chi connectivity index (χ3v) is 2.51. The van der Waals surface area contributed by atoms with Gasteiger partial charge in [0.15, 0.2) is 11.6 Å². The van der Waals surface area contributed by atoms with Crippen molar-refractivity contribution < 1.29 is 9.13 Å². The van der Waals surface area contributed by atoms with E-state index < -0.39 is 5.82 Å². The third-order valence-electron chi connectivity index (χ3n) is 2.51. The number of nitrogens with two attached hydrogens (primary N) is 1. The van der Waals surface area contributed by atoms with Crippen molar-refractivity contribution in [2.24, 2.45) is 0 Å². The number of anilines is 2. The second-order valence-electron chi connectivity index (χ2n) is 5.34. The van der Waals surface area contributed by atoms with Crippen LogP contribution in [0.5, 0.6) is 5.75 Å². The Kier molecular flexibility index (Phi) is 5.42. The molecule has 1 rings (SSSR count). The Morgan fingerprint density at radius 3 is 2.47 bits per heavy atom. The van der Waals surface area contributed by atoms with E-state index in [1.165, 1.54) is 6.07 Å². The Bertz CT molecular complexity index is 421. The van der Waals surface area contributed by atoms with Gasteiger partial charge in [-0.3, -0.25) is 0 Å². The van der Waals surface area contributed by atoms with Crippen LogP contribution >= 0.6 is 0 Å². The van der Waals surface area contributed by atoms with Gasteiger partial charge in [0.05, 0.1) is 17.5 Å². The molecule has 1 aromatic carbocycles. The maximum atomic E-state index is 13.7. The third kappa shape index (κ3) is 4.95. The van der Waals surface area contributed by atoms with Crippen LogP contribution in [0.4, 0.5) is 15.8 Å². The number of likely N-dealkylation sites (N-methyl/N-ethyl adjacent to an activating group) is 1. The molecule has 0 aliphatic rings. The smallest absolute Gasteiger partial charge is 0.167 e. The van der Waals surface area contributed by atoms with Crippen molar-refractivity contribution in [3.05, 3.63) is 17.9 Å². The number of ether oxygens (including phenoxy) is 1. The number of hydrogen-bond donors (Lipinski definition) is 2. The number of hydrogen-bond acceptors (Lipinski definition) is 4. The van der Waals surface area contributed by atoms with Crippen LogP contribution in [0.2, 0.25) is 0 Å². The van der Waals surface area contributed by atoms with E-state index in [1.54, 1.807) is 6.07 Å². The molecule has 1 aromatic rings. The molecule has 0 aliphatic heterocycles. The Hall–Kier alpha value is -1.49. The lowest BCUT2D eigenvalue weighted by atomic mass is 10.2. The fraction of sp³-hybridized carbons (Fsp3) is 0.571. The van der Waals surface area contributed by atoms with Gasteiger partial charge in [0.1, 0.15) is 0 Å². The molecule has 1 unspecified atom stereocenters. The van der Waals surface area contributed by atoms with Gasteiger partial charge in [-0.1, -0.05) is 0 Å². The average Bonchev–Trinajstić information content (AvgIpc) is 2.23. The van der Waals surface area contributed by atoms with Crippen molar-refractivity contribution in [3.8, 4) is 5.75 Å². The lowest BCUT2D eigenvalue weighted by molar-refractivity contribution is 0.231. The highest BCUT2D eigenvalue weighted by Gasteiger charge is 2.12. The summed E-state index contributed by atoms with van der Waals surface area (Å²) in [5.41, 5.74) is 6.92. The second-order valence-corrected chi connectivity index (χ2v) is 5.34. The van der Waals surface area contributed by atoms with E-state index in [9.17, 15) is 4.39 Å². The highest BCUT2D eigenvalue weighted by atomic mass is 19.1. The summed E-state index contributed by atoms with van der Waals surface area (Å²) in [5, 5.41) is 3.27. The molecular formula is C14H24FN3O. The standard InChI is InChI=1S/C14H24FN3O/c1-9(2)19-14-7-13(12(16)6-11(14)15)17-10(3)8-18(4)5/h6-7,9-10,17H,8,16H2,1-5H3. The number of rotatable bonds is 6. The molecule has 4 nitrogen and oxygen atoms in total. The zero-order valence-corrected chi connectivity index (χ0v) is 12.3. The predicted octanol–water partition coefficient (Wildman–Crippen LogP) is 2.56. The zero-order chi connectivity index (χ0) is 14.6. The van der Waals surface area contributed by atoms with Gasteiger partial charge in [-0.15, -0.1) is 0 Å². The van der Waals surface area contributed by atoms with Crippen LogP contribution in [0.1, 0.15) is 20.8 Å². The van der Waals surface area contributed by atoms with E-state index in [0.717, 1.165) is 6.54 Å². The minimum absolute atomic E-state index is 0.0785. The normalized spacial score (nSPS) is 12.8. The molecule has 0 heterocycles. The highest BCUT2D eigenvalue weighted by Crippen LogP contribution is 2.29. The maximum Gasteiger partial charge on any atom is 0.167 e. The highest BCUT2D eigenvalue weighted by molar-refractivity contribution is 5.69. The van der Waals surface area contributed by atoms with Crippen molar-refractivity contribution in [2.75, 3.05) is 31.7 Å². The number of halogens is 1. The molecule has 0 radical (unpaired) electrons. The van der Waals surface area contributed by atoms with E-state index in [2.05, 4.69) is 10.2 Å². The second kappa shape index (κ2) is 6.61. The van der Waals surface area contributed by atoms with Crippen LogP contribution in [0.25, 0.3) is 0 Å². The van der Waals surface area contributed by atoms with Crippen molar-refractivity contribution in [1.29, 1.82) is 0 Å². The fourth-order valence-electron chi connectivity index (χ4n) is 1.90. The van der Waals surface area contributed by atoms with Gasteiger partial charge in [-0.2, -0.15) is 0 Å². The molecule has 0 amide bonds. The Balaban J connectivity index is 2.88. The van der Waals surface area contributed by atoms with Crippen molar-refractivity contribution in [3.63, 3.8) is 0 Å². The van der Waals surface area contributed by atoms with Crippen LogP contribution in [-0.2, 0) is 0 Å². The van der Waals surface area contributed by atoms with Gasteiger partial charge in [0.25, 0.3) is 0 Å². The molecule has 1 atom stereocenters. The molecule has 19 heavy (non-hydrogen) atoms. The summed E-state index contributed by atoms with van der Waals surface area (Å²) < 4.78 is 19.1. The first-order valence-corrected chi connectivity index (χ1v) is 6.46. The summed E-state index contributed by atoms with van der Waals surface area (Å²) in [5.74, 6) is -0.208. The minimum atomic E-state index is -0.433. The summed E-state index contributed by atoms with van der Waals surface area (Å²) in [4.78, 5) is 2.07. The number of nitrogens with zero attached hydrogens (tertiary/aromatic N) is 1. The maximum absolute atomic E-state index is 13.7. The average molecular weight is 269 g/mol. The first-order valence-electron chi connectivity index (χ1n) is 6.46. The van der Waals surface area contributed by atoms with Crippen molar-refractivity contribution in [1.82, 2.24) is 4.90 Å². The Morgan fingerprint density at radius 2 is 1.95 bits per heavy atom. The summed E-state index contributed by atoms with van der Waals surface area (Å²) in [6.45, 7) is 6.62. The largest absolute Gasteiger partial charge is 0.488 e. The summed E-state index contributed by atoms with van der Waals surface area (Å²) in [6.07, 6.45) is -0.0785. The van der Waals surface area contributed by atoms with Gasteiger partial charge >= 0.3 is 0 Å². The number of benzene rings is 1. The lowest BCUT2D eigenvalue weighted by Gasteiger charge is -2.21. The molecule has 0 bridgehead atoms. The lowest BCUT2D eigenvalue weighted by Crippen LogP contribution is -2.30. The van der Waals surface area contributed by atoms with Crippen LogP contribution < -0.4 is 15.8 Å². The molecule has 0 aromatic heterocycles. The van der Waals surface area contributed by atoms with E-state index >= 15 is 0 Å². The molecule has 108 valence electrons. The van der Waals surface area contributed by atoms with E-state index in [1.807, 2.05) is 34.9 Å². The Morgan fingerprint density at radius 1 is 1.32 bits per heavy atom. The molecule has 0 spiro atoms. The summed E-state index contributed by atoms with van der Waals surface area (Å²) >= 11 is 0. The quantitative estimate of drug-likeness (QED) is 0.779.